The molecule has 0 bridgehead atoms. The summed E-state index contributed by atoms with van der Waals surface area (Å²) in [6, 6.07) is 9.19. The second kappa shape index (κ2) is 8.38. The molecule has 1 unspecified atom stereocenters. The molecule has 22 heavy (non-hydrogen) atoms. The quantitative estimate of drug-likeness (QED) is 0.735. The summed E-state index contributed by atoms with van der Waals surface area (Å²) in [6.45, 7) is 1.44. The molecule has 0 spiro atoms. The Bertz CT molecular complexity index is 492. The van der Waals surface area contributed by atoms with Crippen LogP contribution in [0, 0.1) is 0 Å². The lowest BCUT2D eigenvalue weighted by atomic mass is 10.3. The Morgan fingerprint density at radius 2 is 2.14 bits per heavy atom. The summed E-state index contributed by atoms with van der Waals surface area (Å²) in [5, 5.41) is 12.4. The van der Waals surface area contributed by atoms with Crippen LogP contribution in [0.4, 0.5) is 0 Å². The zero-order valence-corrected chi connectivity index (χ0v) is 12.5. The van der Waals surface area contributed by atoms with Crippen LogP contribution in [0.25, 0.3) is 0 Å². The van der Waals surface area contributed by atoms with Crippen LogP contribution in [-0.2, 0) is 9.59 Å². The van der Waals surface area contributed by atoms with Gasteiger partial charge in [-0.2, -0.15) is 0 Å². The molecule has 1 atom stereocenters. The third-order valence-electron chi connectivity index (χ3n) is 3.50. The predicted molar refractivity (Wildman–Crippen MR) is 81.4 cm³/mol. The lowest BCUT2D eigenvalue weighted by Crippen LogP contribution is -2.37. The highest BCUT2D eigenvalue weighted by Gasteiger charge is 2.20. The highest BCUT2D eigenvalue weighted by atomic mass is 16.5. The van der Waals surface area contributed by atoms with Crippen LogP contribution in [0.2, 0.25) is 0 Å². The first-order valence-corrected chi connectivity index (χ1v) is 7.55. The van der Waals surface area contributed by atoms with Gasteiger partial charge in [0.25, 0.3) is 0 Å². The zero-order valence-electron chi connectivity index (χ0n) is 12.5. The van der Waals surface area contributed by atoms with E-state index in [4.69, 9.17) is 4.74 Å². The Morgan fingerprint density at radius 3 is 2.82 bits per heavy atom. The molecule has 6 nitrogen and oxygen atoms in total. The fraction of sp³-hybridized carbons (Fsp3) is 0.500. The molecule has 1 aliphatic heterocycles. The van der Waals surface area contributed by atoms with E-state index >= 15 is 0 Å². The number of aliphatic hydroxyl groups excluding tert-OH is 1. The first kappa shape index (κ1) is 16.3. The van der Waals surface area contributed by atoms with Crippen LogP contribution in [0.15, 0.2) is 30.3 Å². The van der Waals surface area contributed by atoms with E-state index in [2.05, 4.69) is 5.32 Å². The van der Waals surface area contributed by atoms with Crippen molar-refractivity contribution in [2.45, 2.75) is 25.4 Å². The van der Waals surface area contributed by atoms with Gasteiger partial charge in [0.15, 0.2) is 0 Å². The van der Waals surface area contributed by atoms with Gasteiger partial charge in [-0.3, -0.25) is 9.59 Å². The van der Waals surface area contributed by atoms with Crippen molar-refractivity contribution in [2.75, 3.05) is 26.2 Å². The number of carbonyl (C=O) groups excluding carboxylic acids is 2. The van der Waals surface area contributed by atoms with Crippen molar-refractivity contribution in [3.8, 4) is 5.75 Å². The molecule has 1 fully saturated rings. The van der Waals surface area contributed by atoms with E-state index in [1.807, 2.05) is 18.2 Å². The lowest BCUT2D eigenvalue weighted by Gasteiger charge is -2.16. The third kappa shape index (κ3) is 5.37. The van der Waals surface area contributed by atoms with Crippen molar-refractivity contribution in [3.63, 3.8) is 0 Å². The highest BCUT2D eigenvalue weighted by molar-refractivity contribution is 5.80. The third-order valence-corrected chi connectivity index (χ3v) is 3.50. The van der Waals surface area contributed by atoms with E-state index < -0.39 is 6.10 Å². The van der Waals surface area contributed by atoms with Gasteiger partial charge in [0.2, 0.25) is 11.8 Å². The Kier molecular flexibility index (Phi) is 6.21. The average Bonchev–Trinajstić information content (AvgIpc) is 2.95. The number of aliphatic hydroxyl groups is 1. The van der Waals surface area contributed by atoms with Gasteiger partial charge in [0, 0.05) is 32.5 Å². The van der Waals surface area contributed by atoms with E-state index in [9.17, 15) is 14.7 Å². The Hall–Kier alpha value is -2.08. The molecule has 6 heteroatoms. The Labute approximate surface area is 130 Å². The van der Waals surface area contributed by atoms with Gasteiger partial charge in [-0.05, 0) is 18.6 Å². The number of likely N-dealkylation sites (tertiary alicyclic amines) is 1. The molecule has 0 saturated carbocycles. The van der Waals surface area contributed by atoms with Crippen molar-refractivity contribution >= 4 is 11.8 Å². The van der Waals surface area contributed by atoms with Crippen LogP contribution in [0.3, 0.4) is 0 Å². The van der Waals surface area contributed by atoms with Crippen molar-refractivity contribution < 1.29 is 19.4 Å². The van der Waals surface area contributed by atoms with Crippen molar-refractivity contribution in [3.05, 3.63) is 30.3 Å². The minimum atomic E-state index is -0.766. The Balaban J connectivity index is 1.58. The summed E-state index contributed by atoms with van der Waals surface area (Å²) in [5.74, 6) is 0.628. The average molecular weight is 306 g/mol. The zero-order chi connectivity index (χ0) is 15.8. The fourth-order valence-electron chi connectivity index (χ4n) is 2.27. The minimum Gasteiger partial charge on any atom is -0.491 e. The first-order chi connectivity index (χ1) is 10.6. The van der Waals surface area contributed by atoms with E-state index in [1.165, 1.54) is 0 Å². The minimum absolute atomic E-state index is 0.115. The van der Waals surface area contributed by atoms with Crippen LogP contribution < -0.4 is 10.1 Å². The summed E-state index contributed by atoms with van der Waals surface area (Å²) in [7, 11) is 0. The van der Waals surface area contributed by atoms with Gasteiger partial charge in [0.05, 0.1) is 0 Å². The number of hydrogen-bond acceptors (Lipinski definition) is 4. The van der Waals surface area contributed by atoms with Gasteiger partial charge in [-0.15, -0.1) is 0 Å². The van der Waals surface area contributed by atoms with Crippen LogP contribution in [0.5, 0.6) is 5.75 Å². The lowest BCUT2D eigenvalue weighted by molar-refractivity contribution is -0.128. The molecule has 0 aliphatic carbocycles. The number of hydrogen-bond donors (Lipinski definition) is 2. The van der Waals surface area contributed by atoms with Gasteiger partial charge < -0.3 is 20.1 Å². The summed E-state index contributed by atoms with van der Waals surface area (Å²) >= 11 is 0. The largest absolute Gasteiger partial charge is 0.491 e. The standard InChI is InChI=1S/C16H22N2O4/c19-13(12-22-14-5-2-1-3-6-14)11-17-15(20)8-10-18-9-4-7-16(18)21/h1-3,5-6,13,19H,4,7-12H2,(H,17,20). The number of para-hydroxylation sites is 1. The molecule has 2 amide bonds. The summed E-state index contributed by atoms with van der Waals surface area (Å²) in [4.78, 5) is 24.8. The molecule has 1 saturated heterocycles. The topological polar surface area (TPSA) is 78.9 Å². The smallest absolute Gasteiger partial charge is 0.222 e. The van der Waals surface area contributed by atoms with E-state index in [0.717, 1.165) is 13.0 Å². The van der Waals surface area contributed by atoms with Crippen LogP contribution in [-0.4, -0.2) is 54.2 Å². The summed E-state index contributed by atoms with van der Waals surface area (Å²) in [5.41, 5.74) is 0. The summed E-state index contributed by atoms with van der Waals surface area (Å²) < 4.78 is 5.40. The molecular weight excluding hydrogens is 284 g/mol. The van der Waals surface area contributed by atoms with E-state index in [1.54, 1.807) is 17.0 Å². The maximum absolute atomic E-state index is 11.7. The molecular formula is C16H22N2O4. The van der Waals surface area contributed by atoms with Gasteiger partial charge in [-0.25, -0.2) is 0 Å². The van der Waals surface area contributed by atoms with Crippen molar-refractivity contribution in [1.29, 1.82) is 0 Å². The number of ether oxygens (including phenoxy) is 1. The number of rotatable bonds is 8. The van der Waals surface area contributed by atoms with Gasteiger partial charge >= 0.3 is 0 Å². The number of nitrogens with one attached hydrogen (secondary N) is 1. The molecule has 0 aromatic heterocycles. The fourth-order valence-corrected chi connectivity index (χ4v) is 2.27. The second-order valence-corrected chi connectivity index (χ2v) is 5.32. The monoisotopic (exact) mass is 306 g/mol. The number of amides is 2. The molecule has 2 N–H and O–H groups in total. The van der Waals surface area contributed by atoms with Gasteiger partial charge in [0.1, 0.15) is 18.5 Å². The SMILES string of the molecule is O=C(CCN1CCCC1=O)NCC(O)COc1ccccc1. The van der Waals surface area contributed by atoms with E-state index in [-0.39, 0.29) is 31.4 Å². The maximum Gasteiger partial charge on any atom is 0.222 e. The van der Waals surface area contributed by atoms with Crippen molar-refractivity contribution in [2.24, 2.45) is 0 Å². The van der Waals surface area contributed by atoms with Crippen molar-refractivity contribution in [1.82, 2.24) is 10.2 Å². The van der Waals surface area contributed by atoms with E-state index in [0.29, 0.717) is 18.7 Å². The number of carbonyl (C=O) groups is 2. The first-order valence-electron chi connectivity index (χ1n) is 7.55. The highest BCUT2D eigenvalue weighted by Crippen LogP contribution is 2.10. The molecule has 120 valence electrons. The normalized spacial score (nSPS) is 15.7. The van der Waals surface area contributed by atoms with Crippen LogP contribution >= 0.6 is 0 Å². The number of benzene rings is 1. The molecule has 1 aromatic rings. The molecule has 0 radical (unpaired) electrons. The Morgan fingerprint density at radius 1 is 1.36 bits per heavy atom. The molecule has 1 aromatic carbocycles. The summed E-state index contributed by atoms with van der Waals surface area (Å²) in [6.07, 6.45) is 0.947. The molecule has 2 rings (SSSR count). The van der Waals surface area contributed by atoms with Gasteiger partial charge in [-0.1, -0.05) is 18.2 Å². The van der Waals surface area contributed by atoms with Crippen LogP contribution in [0.1, 0.15) is 19.3 Å². The number of nitrogens with zero attached hydrogens (tertiary/aromatic N) is 1. The molecule has 1 heterocycles. The predicted octanol–water partition coefficient (Wildman–Crippen LogP) is 0.555. The molecule has 1 aliphatic rings. The second-order valence-electron chi connectivity index (χ2n) is 5.32. The maximum atomic E-state index is 11.7.